The Bertz CT molecular complexity index is 1020. The standard InChI is InChI=1S/2C16H36Si4.2Sb/c2*1-17(2,3)13-14(18(4,5)6)16(20(10,11)12)15(13)19(7,8)9;;/h2*1-12H3;;. The molecule has 2 radical (unpaired) electrons. The fourth-order valence-electron chi connectivity index (χ4n) is 10.0. The van der Waals surface area contributed by atoms with Gasteiger partial charge in [0.25, 0.3) is 0 Å². The van der Waals surface area contributed by atoms with Gasteiger partial charge in [0.05, 0.1) is 0 Å². The van der Waals surface area contributed by atoms with Crippen LogP contribution in [0.1, 0.15) is 0 Å². The third-order valence-corrected chi connectivity index (χ3v) is 72.5. The molecule has 2 fully saturated rings. The van der Waals surface area contributed by atoms with Gasteiger partial charge in [-0.3, -0.25) is 0 Å². The molecule has 0 N–H and O–H groups in total. The summed E-state index contributed by atoms with van der Waals surface area (Å²) in [6.45, 7) is 64.2. The monoisotopic (exact) mass is 922 g/mol. The zero-order chi connectivity index (χ0) is 33.7. The van der Waals surface area contributed by atoms with Crippen LogP contribution in [0.15, 0.2) is 20.8 Å². The Morgan fingerprint density at radius 2 is 0.381 bits per heavy atom. The average Bonchev–Trinajstić information content (AvgIpc) is 3.37. The second-order valence-electron chi connectivity index (χ2n) is 22.6. The van der Waals surface area contributed by atoms with Crippen molar-refractivity contribution < 1.29 is 0 Å². The first kappa shape index (κ1) is 39.3. The first-order valence-corrected chi connectivity index (χ1v) is 50.0. The molecular weight excluding hydrogens is 853 g/mol. The Morgan fingerprint density at radius 1 is 0.262 bits per heavy atom. The molecule has 0 aromatic carbocycles. The van der Waals surface area contributed by atoms with Crippen LogP contribution in [-0.2, 0) is 0 Å². The molecule has 4 atom stereocenters. The SMILES string of the molecule is C[Si](C)(C)C1=C([Si](C)(C)C)[C]2([Si](C)(C)C)[Sb][C]12[Si](C)(C)C.C[Si](C)(C)C1=C([Si](C)(C)C)[C]2([Si](C)(C)C)[Sb][C]12[Si](C)(C)C. The van der Waals surface area contributed by atoms with Gasteiger partial charge in [0.2, 0.25) is 0 Å². The molecule has 0 bridgehead atoms. The number of allylic oxidation sites excluding steroid dienone is 4. The third kappa shape index (κ3) is 5.14. The summed E-state index contributed by atoms with van der Waals surface area (Å²) in [5.41, 5.74) is 0. The van der Waals surface area contributed by atoms with Crippen molar-refractivity contribution in [3.8, 4) is 0 Å². The van der Waals surface area contributed by atoms with Crippen LogP contribution in [0.3, 0.4) is 0 Å². The summed E-state index contributed by atoms with van der Waals surface area (Å²) in [5.74, 6) is 0. The van der Waals surface area contributed by atoms with Gasteiger partial charge in [0.15, 0.2) is 0 Å². The van der Waals surface area contributed by atoms with Gasteiger partial charge < -0.3 is 0 Å². The van der Waals surface area contributed by atoms with E-state index in [-0.39, 0.29) is 43.2 Å². The van der Waals surface area contributed by atoms with E-state index in [4.69, 9.17) is 0 Å². The van der Waals surface area contributed by atoms with Crippen molar-refractivity contribution in [1.82, 2.24) is 0 Å². The molecular formula is C32H72Sb2Si8. The fraction of sp³-hybridized carbons (Fsp3) is 0.875. The number of fused-ring (bicyclic) bond motifs is 2. The second kappa shape index (κ2) is 10.2. The van der Waals surface area contributed by atoms with E-state index < -0.39 is 64.6 Å². The third-order valence-electron chi connectivity index (χ3n) is 10.9. The average molecular weight is 925 g/mol. The molecule has 0 aromatic rings. The predicted octanol–water partition coefficient (Wildman–Crippen LogP) is 11.7. The quantitative estimate of drug-likeness (QED) is 0.213. The molecule has 4 rings (SSSR count). The van der Waals surface area contributed by atoms with Gasteiger partial charge in [-0.15, -0.1) is 0 Å². The summed E-state index contributed by atoms with van der Waals surface area (Å²) in [5, 5.41) is 8.58. The molecule has 2 aliphatic carbocycles. The van der Waals surface area contributed by atoms with Crippen LogP contribution in [0.4, 0.5) is 0 Å². The molecule has 0 amide bonds. The van der Waals surface area contributed by atoms with Gasteiger partial charge in [-0.1, -0.05) is 0 Å². The van der Waals surface area contributed by atoms with Crippen molar-refractivity contribution >= 4 is 108 Å². The first-order valence-electron chi connectivity index (χ1n) is 16.9. The molecule has 0 spiro atoms. The Morgan fingerprint density at radius 3 is 0.452 bits per heavy atom. The van der Waals surface area contributed by atoms with Crippen LogP contribution in [0.5, 0.6) is 0 Å². The van der Waals surface area contributed by atoms with Gasteiger partial charge in [0, 0.05) is 0 Å². The van der Waals surface area contributed by atoms with E-state index in [0.29, 0.717) is 0 Å². The minimum absolute atomic E-state index is 0.0505. The van der Waals surface area contributed by atoms with Gasteiger partial charge in [-0.05, 0) is 0 Å². The molecule has 0 aromatic heterocycles. The van der Waals surface area contributed by atoms with Crippen LogP contribution < -0.4 is 0 Å². The number of rotatable bonds is 8. The summed E-state index contributed by atoms with van der Waals surface area (Å²) in [7, 11) is -9.07. The fourth-order valence-corrected chi connectivity index (χ4v) is 98.4. The van der Waals surface area contributed by atoms with Gasteiger partial charge >= 0.3 is 298 Å². The normalized spacial score (nSPS) is 33.7. The van der Waals surface area contributed by atoms with Crippen molar-refractivity contribution in [3.05, 3.63) is 20.8 Å². The van der Waals surface area contributed by atoms with Crippen molar-refractivity contribution in [1.29, 1.82) is 0 Å². The van der Waals surface area contributed by atoms with Gasteiger partial charge in [-0.25, -0.2) is 0 Å². The van der Waals surface area contributed by atoms with Crippen LogP contribution in [0, 0.1) is 0 Å². The topological polar surface area (TPSA) is 0 Å². The molecule has 0 nitrogen and oxygen atoms in total. The van der Waals surface area contributed by atoms with Crippen molar-refractivity contribution in [3.63, 3.8) is 0 Å². The zero-order valence-corrected chi connectivity index (χ0v) is 46.0. The summed E-state index contributed by atoms with van der Waals surface area (Å²) in [6, 6.07) is 0. The van der Waals surface area contributed by atoms with Crippen LogP contribution in [0.25, 0.3) is 0 Å². The molecule has 4 aliphatic rings. The van der Waals surface area contributed by atoms with Crippen molar-refractivity contribution in [2.45, 2.75) is 169 Å². The summed E-state index contributed by atoms with van der Waals surface area (Å²) >= 11 is -0.101. The molecule has 4 unspecified atom stereocenters. The van der Waals surface area contributed by atoms with E-state index in [1.807, 2.05) is 0 Å². The Balaban J connectivity index is 0.000000230. The number of hydrogen-bond acceptors (Lipinski definition) is 0. The molecule has 42 heavy (non-hydrogen) atoms. The van der Waals surface area contributed by atoms with E-state index in [0.717, 1.165) is 11.9 Å². The maximum atomic E-state index is 2.70. The predicted molar refractivity (Wildman–Crippen MR) is 223 cm³/mol. The molecule has 2 saturated heterocycles. The molecule has 0 saturated carbocycles. The summed E-state index contributed by atoms with van der Waals surface area (Å²) in [4.78, 5) is 0. The second-order valence-corrected chi connectivity index (χ2v) is 77.5. The zero-order valence-electron chi connectivity index (χ0n) is 32.9. The Hall–Kier alpha value is 2.85. The van der Waals surface area contributed by atoms with E-state index >= 15 is 0 Å². The van der Waals surface area contributed by atoms with Crippen LogP contribution in [0.2, 0.25) is 169 Å². The summed E-state index contributed by atoms with van der Waals surface area (Å²) in [6.07, 6.45) is 0. The van der Waals surface area contributed by atoms with Gasteiger partial charge in [-0.2, -0.15) is 0 Å². The molecule has 10 heteroatoms. The van der Waals surface area contributed by atoms with Crippen molar-refractivity contribution in [2.24, 2.45) is 0 Å². The minimum atomic E-state index is -1.17. The van der Waals surface area contributed by atoms with Crippen LogP contribution in [-0.4, -0.2) is 108 Å². The Labute approximate surface area is 294 Å². The van der Waals surface area contributed by atoms with Gasteiger partial charge in [0.1, 0.15) is 0 Å². The number of hydrogen-bond donors (Lipinski definition) is 0. The van der Waals surface area contributed by atoms with E-state index in [2.05, 4.69) is 178 Å². The van der Waals surface area contributed by atoms with E-state index in [1.54, 1.807) is 0 Å². The molecule has 2 aliphatic heterocycles. The maximum absolute atomic E-state index is 2.70. The van der Waals surface area contributed by atoms with Crippen molar-refractivity contribution in [2.75, 3.05) is 0 Å². The molecule has 2 heterocycles. The molecule has 242 valence electrons. The summed E-state index contributed by atoms with van der Waals surface area (Å²) < 4.78 is 3.45. The van der Waals surface area contributed by atoms with E-state index in [1.165, 1.54) is 0 Å². The van der Waals surface area contributed by atoms with Crippen LogP contribution >= 0.6 is 0 Å². The Kier molecular flexibility index (Phi) is 9.54. The van der Waals surface area contributed by atoms with E-state index in [9.17, 15) is 0 Å². The first-order chi connectivity index (χ1) is 17.9.